The second kappa shape index (κ2) is 16.1. The van der Waals surface area contributed by atoms with Gasteiger partial charge in [0, 0.05) is 53.6 Å². The van der Waals surface area contributed by atoms with E-state index in [9.17, 15) is 10.1 Å². The van der Waals surface area contributed by atoms with Gasteiger partial charge in [0.25, 0.3) is 0 Å². The highest BCUT2D eigenvalue weighted by Crippen LogP contribution is 2.65. The lowest BCUT2D eigenvalue weighted by molar-refractivity contribution is -0.157. The standard InChI is InChI=1S/C46H54N4O10S/c1-9-13-55-33-17-26-11-12-48-46(28(26)18-32(33)53-7)21-61-44-36-35(43-41(58-22-59-43)24(4)40(36)60-25(5)51)31(20-57-45(46)52)50-30(19-47)29-16-27-15-23(3)39(54-8)42(56-14-10-2)34(27)37(38(44)50)49(29)6/h15,17-18,29-31,37-38,44,48H,9-14,16,20-22H2,1-8H3/t29-,30+,31-,37-,38?,44-,46-/m1/s1. The van der Waals surface area contributed by atoms with E-state index in [0.29, 0.717) is 84.0 Å². The van der Waals surface area contributed by atoms with Crippen molar-refractivity contribution in [2.45, 2.75) is 101 Å². The summed E-state index contributed by atoms with van der Waals surface area (Å²) in [6, 6.07) is 6.50. The molecule has 2 saturated heterocycles. The molecule has 0 radical (unpaired) electrons. The van der Waals surface area contributed by atoms with Crippen molar-refractivity contribution in [2.75, 3.05) is 60.2 Å². The van der Waals surface area contributed by atoms with Crippen molar-refractivity contribution in [2.24, 2.45) is 0 Å². The Kier molecular flexibility index (Phi) is 10.9. The number of nitriles is 1. The first-order valence-electron chi connectivity index (χ1n) is 21.3. The van der Waals surface area contributed by atoms with Crippen LogP contribution in [0.25, 0.3) is 0 Å². The molecule has 14 nitrogen and oxygen atoms in total. The molecule has 1 N–H and O–H groups in total. The van der Waals surface area contributed by atoms with E-state index in [1.807, 2.05) is 26.0 Å². The van der Waals surface area contributed by atoms with Crippen LogP contribution in [0.5, 0.6) is 40.2 Å². The number of nitrogens with one attached hydrogen (secondary N) is 1. The topological polar surface area (TPSA) is 150 Å². The maximum Gasteiger partial charge on any atom is 0.331 e. The van der Waals surface area contributed by atoms with E-state index in [1.54, 1.807) is 26.0 Å². The summed E-state index contributed by atoms with van der Waals surface area (Å²) in [7, 11) is 5.37. The molecule has 7 aliphatic heterocycles. The molecular weight excluding hydrogens is 801 g/mol. The number of hydrogen-bond donors (Lipinski definition) is 1. The number of carbonyl (C=O) groups excluding carboxylic acids is 2. The minimum atomic E-state index is -1.29. The van der Waals surface area contributed by atoms with Gasteiger partial charge in [0.1, 0.15) is 18.4 Å². The summed E-state index contributed by atoms with van der Waals surface area (Å²) in [5.74, 6) is 3.24. The number of fused-ring (bicyclic) bond motifs is 9. The van der Waals surface area contributed by atoms with Gasteiger partial charge in [-0.15, -0.1) is 11.8 Å². The Hall–Kier alpha value is -4.88. The highest BCUT2D eigenvalue weighted by Gasteiger charge is 2.62. The summed E-state index contributed by atoms with van der Waals surface area (Å²) in [5.41, 5.74) is 5.64. The highest BCUT2D eigenvalue weighted by atomic mass is 32.2. The van der Waals surface area contributed by atoms with Crippen molar-refractivity contribution < 1.29 is 47.5 Å². The van der Waals surface area contributed by atoms with Crippen LogP contribution in [0.1, 0.15) is 95.5 Å². The van der Waals surface area contributed by atoms with E-state index in [0.717, 1.165) is 46.2 Å². The number of benzene rings is 3. The third-order valence-electron chi connectivity index (χ3n) is 13.3. The van der Waals surface area contributed by atoms with Gasteiger partial charge in [-0.1, -0.05) is 19.9 Å². The molecule has 10 rings (SSSR count). The van der Waals surface area contributed by atoms with Crippen molar-refractivity contribution in [3.8, 4) is 46.3 Å². The Morgan fingerprint density at radius 3 is 2.46 bits per heavy atom. The Labute approximate surface area is 361 Å². The van der Waals surface area contributed by atoms with Crippen LogP contribution in [0.3, 0.4) is 0 Å². The van der Waals surface area contributed by atoms with Crippen molar-refractivity contribution in [1.82, 2.24) is 15.1 Å². The summed E-state index contributed by atoms with van der Waals surface area (Å²) < 4.78 is 50.1. The molecule has 0 saturated carbocycles. The Bertz CT molecular complexity index is 2330. The molecule has 1 unspecified atom stereocenters. The van der Waals surface area contributed by atoms with Gasteiger partial charge in [0.15, 0.2) is 40.0 Å². The minimum absolute atomic E-state index is 0.0319. The van der Waals surface area contributed by atoms with E-state index < -0.39 is 40.9 Å². The number of likely N-dealkylation sites (N-methyl/N-ethyl adjacent to an activating group) is 1. The van der Waals surface area contributed by atoms with Gasteiger partial charge in [-0.2, -0.15) is 5.26 Å². The molecule has 3 aromatic carbocycles. The van der Waals surface area contributed by atoms with Gasteiger partial charge in [-0.3, -0.25) is 19.9 Å². The molecule has 0 amide bonds. The SMILES string of the molecule is CCCOc1cc2c(cc1OC)[C@@]1(CS[C@@H]3c4c(OC(C)=O)c(C)c5c(c4[C@@H](COC1=O)N1C3[C@H]3c4c(cc(C)c(OC)c4OCCC)C[C@H]([C@@H]1C#N)N3C)OCO5)NCC2. The van der Waals surface area contributed by atoms with Crippen LogP contribution in [-0.2, 0) is 32.7 Å². The van der Waals surface area contributed by atoms with Gasteiger partial charge in [-0.25, -0.2) is 4.79 Å². The first-order valence-corrected chi connectivity index (χ1v) is 22.3. The molecule has 7 atom stereocenters. The zero-order valence-corrected chi connectivity index (χ0v) is 36.9. The van der Waals surface area contributed by atoms with E-state index in [-0.39, 0.29) is 31.2 Å². The number of aryl methyl sites for hydroxylation is 1. The number of methoxy groups -OCH3 is 2. The lowest BCUT2D eigenvalue weighted by Crippen LogP contribution is -2.69. The molecule has 15 heteroatoms. The van der Waals surface area contributed by atoms with Gasteiger partial charge in [-0.05, 0) is 81.0 Å². The fourth-order valence-electron chi connectivity index (χ4n) is 10.8. The van der Waals surface area contributed by atoms with Crippen LogP contribution < -0.4 is 38.5 Å². The Morgan fingerprint density at radius 2 is 1.74 bits per heavy atom. The van der Waals surface area contributed by atoms with E-state index in [4.69, 9.17) is 37.9 Å². The van der Waals surface area contributed by atoms with Gasteiger partial charge >= 0.3 is 11.9 Å². The summed E-state index contributed by atoms with van der Waals surface area (Å²) in [6.45, 7) is 10.8. The average Bonchev–Trinajstić information content (AvgIpc) is 3.74. The lowest BCUT2D eigenvalue weighted by atomic mass is 9.71. The van der Waals surface area contributed by atoms with Crippen LogP contribution in [-0.4, -0.2) is 100 Å². The van der Waals surface area contributed by atoms with Crippen molar-refractivity contribution in [1.29, 1.82) is 5.26 Å². The van der Waals surface area contributed by atoms with Crippen LogP contribution >= 0.6 is 11.8 Å². The van der Waals surface area contributed by atoms with Crippen LogP contribution in [0.4, 0.5) is 0 Å². The summed E-state index contributed by atoms with van der Waals surface area (Å²) in [5, 5.41) is 14.5. The third kappa shape index (κ3) is 6.30. The van der Waals surface area contributed by atoms with E-state index in [2.05, 4.69) is 48.1 Å². The van der Waals surface area contributed by atoms with E-state index in [1.165, 1.54) is 6.92 Å². The van der Waals surface area contributed by atoms with Gasteiger partial charge in [0.05, 0.1) is 50.8 Å². The molecule has 1 spiro atoms. The lowest BCUT2D eigenvalue weighted by Gasteiger charge is -2.62. The largest absolute Gasteiger partial charge is 0.493 e. The van der Waals surface area contributed by atoms with E-state index >= 15 is 4.79 Å². The molecule has 0 aromatic heterocycles. The number of esters is 2. The minimum Gasteiger partial charge on any atom is -0.493 e. The summed E-state index contributed by atoms with van der Waals surface area (Å²) in [6.07, 6.45) is 2.89. The normalized spacial score (nSPS) is 27.2. The molecule has 61 heavy (non-hydrogen) atoms. The summed E-state index contributed by atoms with van der Waals surface area (Å²) >= 11 is 1.58. The molecule has 7 aliphatic rings. The first-order chi connectivity index (χ1) is 29.5. The number of nitrogens with zero attached hydrogens (tertiary/aromatic N) is 3. The molecule has 2 fully saturated rings. The summed E-state index contributed by atoms with van der Waals surface area (Å²) in [4.78, 5) is 32.8. The van der Waals surface area contributed by atoms with Crippen molar-refractivity contribution >= 4 is 23.7 Å². The number of ether oxygens (including phenoxy) is 8. The second-order valence-corrected chi connectivity index (χ2v) is 17.9. The monoisotopic (exact) mass is 854 g/mol. The number of hydrogen-bond acceptors (Lipinski definition) is 15. The fraction of sp³-hybridized carbons (Fsp3) is 0.543. The van der Waals surface area contributed by atoms with Gasteiger partial charge < -0.3 is 37.9 Å². The maximum absolute atomic E-state index is 15.1. The predicted molar refractivity (Wildman–Crippen MR) is 226 cm³/mol. The Balaban J connectivity index is 1.31. The number of piperazine rings is 1. The molecule has 7 heterocycles. The predicted octanol–water partition coefficient (Wildman–Crippen LogP) is 6.15. The first kappa shape index (κ1) is 41.5. The zero-order chi connectivity index (χ0) is 42.9. The van der Waals surface area contributed by atoms with Crippen LogP contribution in [0.15, 0.2) is 18.2 Å². The zero-order valence-electron chi connectivity index (χ0n) is 36.1. The maximum atomic E-state index is 15.1. The molecule has 324 valence electrons. The molecular formula is C46H54N4O10S. The number of thioether (sulfide) groups is 1. The van der Waals surface area contributed by atoms with Crippen LogP contribution in [0, 0.1) is 25.2 Å². The van der Waals surface area contributed by atoms with Crippen molar-refractivity contribution in [3.63, 3.8) is 0 Å². The molecule has 0 aliphatic carbocycles. The van der Waals surface area contributed by atoms with Gasteiger partial charge in [0.2, 0.25) is 6.79 Å². The smallest absolute Gasteiger partial charge is 0.331 e. The fourth-order valence-corrected chi connectivity index (χ4v) is 12.5. The average molecular weight is 855 g/mol. The highest BCUT2D eigenvalue weighted by molar-refractivity contribution is 7.99. The second-order valence-electron chi connectivity index (χ2n) is 16.7. The number of carbonyl (C=O) groups is 2. The van der Waals surface area contributed by atoms with Crippen LogP contribution in [0.2, 0.25) is 0 Å². The Morgan fingerprint density at radius 1 is 0.967 bits per heavy atom. The molecule has 4 bridgehead atoms. The number of rotatable bonds is 9. The quantitative estimate of drug-likeness (QED) is 0.193. The third-order valence-corrected chi connectivity index (χ3v) is 14.8. The van der Waals surface area contributed by atoms with Crippen molar-refractivity contribution in [3.05, 3.63) is 62.7 Å². The molecule has 3 aromatic rings.